The molecular formula is C15H12FNO5S. The van der Waals surface area contributed by atoms with Crippen molar-refractivity contribution in [2.75, 3.05) is 0 Å². The van der Waals surface area contributed by atoms with Gasteiger partial charge in [0.15, 0.2) is 11.1 Å². The molecule has 23 heavy (non-hydrogen) atoms. The van der Waals surface area contributed by atoms with Gasteiger partial charge in [0.25, 0.3) is 0 Å². The molecule has 6 nitrogen and oxygen atoms in total. The van der Waals surface area contributed by atoms with Crippen molar-refractivity contribution in [1.82, 2.24) is 0 Å². The van der Waals surface area contributed by atoms with Crippen LogP contribution in [0.5, 0.6) is 11.5 Å². The molecule has 0 spiro atoms. The maximum atomic E-state index is 13.2. The van der Waals surface area contributed by atoms with Gasteiger partial charge in [-0.25, -0.2) is 4.39 Å². The molecule has 3 N–H and O–H groups in total. The fraction of sp³-hybridized carbons (Fsp3) is 0.0667. The first-order valence-electron chi connectivity index (χ1n) is 6.53. The zero-order chi connectivity index (χ0) is 16.6. The van der Waals surface area contributed by atoms with Crippen molar-refractivity contribution in [2.24, 2.45) is 5.73 Å². The fourth-order valence-electron chi connectivity index (χ4n) is 2.16. The van der Waals surface area contributed by atoms with Gasteiger partial charge in [-0.1, -0.05) is 18.2 Å². The molecule has 8 heteroatoms. The summed E-state index contributed by atoms with van der Waals surface area (Å²) < 4.78 is 48.1. The highest BCUT2D eigenvalue weighted by Crippen LogP contribution is 2.36. The number of hydrogen-bond acceptors (Lipinski definition) is 6. The molecule has 0 fully saturated rings. The summed E-state index contributed by atoms with van der Waals surface area (Å²) in [7, 11) is -4.40. The molecule has 1 heterocycles. The second kappa shape index (κ2) is 5.56. The molecule has 0 amide bonds. The molecule has 0 aliphatic carbocycles. The fourth-order valence-corrected chi connectivity index (χ4v) is 3.29. The summed E-state index contributed by atoms with van der Waals surface area (Å²) in [6, 6.07) is 11.0. The maximum Gasteiger partial charge on any atom is 0.344 e. The molecule has 3 rings (SSSR count). The highest BCUT2D eigenvalue weighted by molar-refractivity contribution is 7.91. The highest BCUT2D eigenvalue weighted by atomic mass is 32.2. The molecule has 1 aliphatic rings. The van der Waals surface area contributed by atoms with Gasteiger partial charge in [-0.15, -0.1) is 0 Å². The molecule has 1 atom stereocenters. The van der Waals surface area contributed by atoms with Gasteiger partial charge in [0.1, 0.15) is 23.1 Å². The zero-order valence-electron chi connectivity index (χ0n) is 11.6. The third-order valence-corrected chi connectivity index (χ3v) is 4.54. The van der Waals surface area contributed by atoms with Crippen molar-refractivity contribution in [3.63, 3.8) is 0 Å². The first-order chi connectivity index (χ1) is 10.9. The summed E-state index contributed by atoms with van der Waals surface area (Å²) in [6.07, 6.45) is -1.52. The summed E-state index contributed by atoms with van der Waals surface area (Å²) in [5.41, 5.74) is 5.67. The van der Waals surface area contributed by atoms with Gasteiger partial charge in [0.2, 0.25) is 0 Å². The van der Waals surface area contributed by atoms with Gasteiger partial charge in [0.05, 0.1) is 5.56 Å². The molecule has 2 aromatic rings. The van der Waals surface area contributed by atoms with E-state index in [1.54, 1.807) is 18.2 Å². The van der Waals surface area contributed by atoms with Crippen LogP contribution >= 0.6 is 0 Å². The predicted octanol–water partition coefficient (Wildman–Crippen LogP) is 2.14. The van der Waals surface area contributed by atoms with E-state index in [2.05, 4.69) is 0 Å². The maximum absolute atomic E-state index is 13.2. The molecule has 1 unspecified atom stereocenters. The van der Waals surface area contributed by atoms with Crippen molar-refractivity contribution in [3.8, 4) is 11.5 Å². The van der Waals surface area contributed by atoms with E-state index in [1.807, 2.05) is 0 Å². The van der Waals surface area contributed by atoms with E-state index in [-0.39, 0.29) is 17.1 Å². The number of aliphatic hydroxyl groups excluding tert-OH is 1. The van der Waals surface area contributed by atoms with E-state index in [0.717, 1.165) is 12.1 Å². The Kier molecular flexibility index (Phi) is 3.70. The van der Waals surface area contributed by atoms with Gasteiger partial charge in [-0.05, 0) is 24.3 Å². The molecular weight excluding hydrogens is 325 g/mol. The summed E-state index contributed by atoms with van der Waals surface area (Å²) in [4.78, 5) is -0.625. The Hall–Kier alpha value is -2.58. The van der Waals surface area contributed by atoms with Crippen molar-refractivity contribution >= 4 is 15.9 Å². The number of ether oxygens (including phenoxy) is 1. The molecule has 120 valence electrons. The lowest BCUT2D eigenvalue weighted by molar-refractivity contribution is 0.238. The third kappa shape index (κ3) is 2.86. The number of para-hydroxylation sites is 1. The molecule has 1 aliphatic heterocycles. The van der Waals surface area contributed by atoms with Crippen LogP contribution in [0.15, 0.2) is 53.4 Å². The lowest BCUT2D eigenvalue weighted by Gasteiger charge is -2.25. The Bertz CT molecular complexity index is 880. The zero-order valence-corrected chi connectivity index (χ0v) is 12.5. The number of rotatable bonds is 3. The van der Waals surface area contributed by atoms with E-state index < -0.39 is 32.8 Å². The lowest BCUT2D eigenvalue weighted by Crippen LogP contribution is -2.38. The number of aliphatic hydroxyl groups is 1. The standard InChI is InChI=1S/C15H12FNO5S/c16-9-6-7-11-12(8-9)21-15(17)14(13(11)18)23(19,20)22-10-4-2-1-3-5-10/h1-8,15,18H,17H2. The number of fused-ring (bicyclic) bond motifs is 1. The monoisotopic (exact) mass is 337 g/mol. The van der Waals surface area contributed by atoms with E-state index in [4.69, 9.17) is 14.7 Å². The van der Waals surface area contributed by atoms with Crippen LogP contribution in [0.1, 0.15) is 5.56 Å². The molecule has 2 aromatic carbocycles. The smallest absolute Gasteiger partial charge is 0.344 e. The molecule has 0 aromatic heterocycles. The van der Waals surface area contributed by atoms with Gasteiger partial charge in [-0.2, -0.15) is 8.42 Å². The highest BCUT2D eigenvalue weighted by Gasteiger charge is 2.37. The second-order valence-electron chi connectivity index (χ2n) is 4.74. The first-order valence-corrected chi connectivity index (χ1v) is 7.94. The summed E-state index contributed by atoms with van der Waals surface area (Å²) in [5.74, 6) is -1.22. The lowest BCUT2D eigenvalue weighted by atomic mass is 10.1. The van der Waals surface area contributed by atoms with Crippen molar-refractivity contribution in [3.05, 3.63) is 64.8 Å². The Morgan fingerprint density at radius 2 is 1.87 bits per heavy atom. The normalized spacial score (nSPS) is 17.4. The van der Waals surface area contributed by atoms with Gasteiger partial charge < -0.3 is 14.0 Å². The Morgan fingerprint density at radius 3 is 2.57 bits per heavy atom. The minimum Gasteiger partial charge on any atom is -0.506 e. The number of hydrogen-bond donors (Lipinski definition) is 2. The SMILES string of the molecule is NC1Oc2cc(F)ccc2C(O)=C1S(=O)(=O)Oc1ccccc1. The van der Waals surface area contributed by atoms with Crippen LogP contribution in [0, 0.1) is 5.82 Å². The van der Waals surface area contributed by atoms with Crippen LogP contribution in [0.4, 0.5) is 4.39 Å². The minimum atomic E-state index is -4.40. The number of halogens is 1. The minimum absolute atomic E-state index is 0.0170. The molecule has 0 saturated heterocycles. The van der Waals surface area contributed by atoms with Crippen LogP contribution in [-0.4, -0.2) is 19.8 Å². The molecule has 0 radical (unpaired) electrons. The van der Waals surface area contributed by atoms with Crippen LogP contribution in [0.3, 0.4) is 0 Å². The van der Waals surface area contributed by atoms with Crippen LogP contribution in [0.2, 0.25) is 0 Å². The topological polar surface area (TPSA) is 98.9 Å². The van der Waals surface area contributed by atoms with Crippen molar-refractivity contribution in [1.29, 1.82) is 0 Å². The van der Waals surface area contributed by atoms with Gasteiger partial charge in [0, 0.05) is 6.07 Å². The van der Waals surface area contributed by atoms with E-state index in [0.29, 0.717) is 0 Å². The first kappa shape index (κ1) is 15.3. The predicted molar refractivity (Wildman–Crippen MR) is 80.5 cm³/mol. The number of nitrogens with two attached hydrogens (primary N) is 1. The van der Waals surface area contributed by atoms with Crippen LogP contribution in [-0.2, 0) is 10.1 Å². The average molecular weight is 337 g/mol. The largest absolute Gasteiger partial charge is 0.506 e. The Labute approximate surface area is 131 Å². The van der Waals surface area contributed by atoms with Crippen molar-refractivity contribution in [2.45, 2.75) is 6.23 Å². The van der Waals surface area contributed by atoms with Gasteiger partial charge in [-0.3, -0.25) is 5.73 Å². The summed E-state index contributed by atoms with van der Waals surface area (Å²) in [6.45, 7) is 0. The quantitative estimate of drug-likeness (QED) is 0.833. The Balaban J connectivity index is 2.06. The average Bonchev–Trinajstić information content (AvgIpc) is 2.46. The number of benzene rings is 2. The van der Waals surface area contributed by atoms with Crippen molar-refractivity contribution < 1.29 is 26.8 Å². The van der Waals surface area contributed by atoms with E-state index in [1.165, 1.54) is 18.2 Å². The third-order valence-electron chi connectivity index (χ3n) is 3.16. The summed E-state index contributed by atoms with van der Waals surface area (Å²) >= 11 is 0. The van der Waals surface area contributed by atoms with Crippen LogP contribution < -0.4 is 14.7 Å². The van der Waals surface area contributed by atoms with E-state index >= 15 is 0 Å². The molecule has 0 saturated carbocycles. The molecule has 0 bridgehead atoms. The van der Waals surface area contributed by atoms with Crippen LogP contribution in [0.25, 0.3) is 5.76 Å². The summed E-state index contributed by atoms with van der Waals surface area (Å²) in [5, 5.41) is 10.2. The Morgan fingerprint density at radius 1 is 1.17 bits per heavy atom. The van der Waals surface area contributed by atoms with Gasteiger partial charge >= 0.3 is 10.1 Å². The second-order valence-corrected chi connectivity index (χ2v) is 6.26. The van der Waals surface area contributed by atoms with E-state index in [9.17, 15) is 17.9 Å².